The Morgan fingerprint density at radius 1 is 1.22 bits per heavy atom. The third kappa shape index (κ3) is 4.80. The van der Waals surface area contributed by atoms with Crippen LogP contribution in [0.25, 0.3) is 0 Å². The van der Waals surface area contributed by atoms with Crippen molar-refractivity contribution in [2.75, 3.05) is 26.1 Å². The van der Waals surface area contributed by atoms with Crippen LogP contribution in [0.4, 0.5) is 5.69 Å². The molecule has 142 valence electrons. The van der Waals surface area contributed by atoms with E-state index in [1.54, 1.807) is 25.1 Å². The van der Waals surface area contributed by atoms with E-state index >= 15 is 0 Å². The highest BCUT2D eigenvalue weighted by Gasteiger charge is 2.16. The van der Waals surface area contributed by atoms with Gasteiger partial charge in [-0.25, -0.2) is 0 Å². The van der Waals surface area contributed by atoms with Gasteiger partial charge >= 0.3 is 0 Å². The van der Waals surface area contributed by atoms with Crippen molar-refractivity contribution in [3.05, 3.63) is 52.0 Å². The average molecular weight is 433 g/mol. The van der Waals surface area contributed by atoms with Gasteiger partial charge in [-0.3, -0.25) is 9.59 Å². The number of ether oxygens (including phenoxy) is 2. The first kappa shape index (κ1) is 19.2. The minimum absolute atomic E-state index is 0.0240. The van der Waals surface area contributed by atoms with E-state index in [-0.39, 0.29) is 18.4 Å². The number of nitrogens with one attached hydrogen (secondary N) is 1. The van der Waals surface area contributed by atoms with Gasteiger partial charge in [0, 0.05) is 35.7 Å². The Labute approximate surface area is 166 Å². The van der Waals surface area contributed by atoms with Crippen LogP contribution in [0.15, 0.2) is 40.9 Å². The fourth-order valence-corrected chi connectivity index (χ4v) is 3.33. The fourth-order valence-electron chi connectivity index (χ4n) is 2.92. The summed E-state index contributed by atoms with van der Waals surface area (Å²) in [7, 11) is 3.34. The molecular weight excluding hydrogens is 412 g/mol. The Bertz CT molecular complexity index is 869. The second-order valence-electron chi connectivity index (χ2n) is 6.36. The van der Waals surface area contributed by atoms with E-state index < -0.39 is 0 Å². The molecule has 0 saturated heterocycles. The maximum Gasteiger partial charge on any atom is 0.260 e. The molecule has 6 nitrogen and oxygen atoms in total. The molecule has 27 heavy (non-hydrogen) atoms. The molecular formula is C20H21BrN2O4. The molecule has 0 unspecified atom stereocenters. The van der Waals surface area contributed by atoms with E-state index in [9.17, 15) is 9.59 Å². The number of nitrogens with zero attached hydrogens (tertiary/aromatic N) is 1. The maximum atomic E-state index is 12.4. The van der Waals surface area contributed by atoms with Gasteiger partial charge in [0.1, 0.15) is 11.5 Å². The molecule has 0 fully saturated rings. The lowest BCUT2D eigenvalue weighted by molar-refractivity contribution is -0.132. The zero-order valence-electron chi connectivity index (χ0n) is 15.3. The quantitative estimate of drug-likeness (QED) is 0.759. The van der Waals surface area contributed by atoms with Gasteiger partial charge in [0.05, 0.1) is 7.11 Å². The third-order valence-electron chi connectivity index (χ3n) is 4.41. The highest BCUT2D eigenvalue weighted by molar-refractivity contribution is 9.10. The Morgan fingerprint density at radius 2 is 2.04 bits per heavy atom. The smallest absolute Gasteiger partial charge is 0.260 e. The first-order chi connectivity index (χ1) is 13.0. The van der Waals surface area contributed by atoms with Crippen LogP contribution in [-0.2, 0) is 22.6 Å². The van der Waals surface area contributed by atoms with Crippen LogP contribution in [-0.4, -0.2) is 37.5 Å². The third-order valence-corrected chi connectivity index (χ3v) is 4.90. The topological polar surface area (TPSA) is 67.9 Å². The summed E-state index contributed by atoms with van der Waals surface area (Å²) in [6.07, 6.45) is 1.14. The first-order valence-corrected chi connectivity index (χ1v) is 9.37. The van der Waals surface area contributed by atoms with E-state index in [0.29, 0.717) is 25.1 Å². The number of fused-ring (bicyclic) bond motifs is 1. The number of benzene rings is 2. The summed E-state index contributed by atoms with van der Waals surface area (Å²) in [5, 5.41) is 2.83. The largest absolute Gasteiger partial charge is 0.496 e. The van der Waals surface area contributed by atoms with Gasteiger partial charge in [-0.1, -0.05) is 15.9 Å². The van der Waals surface area contributed by atoms with Crippen LogP contribution in [0, 0.1) is 0 Å². The van der Waals surface area contributed by atoms with Crippen LogP contribution in [0.1, 0.15) is 17.5 Å². The van der Waals surface area contributed by atoms with Crippen molar-refractivity contribution in [3.8, 4) is 11.5 Å². The van der Waals surface area contributed by atoms with Crippen LogP contribution in [0.3, 0.4) is 0 Å². The lowest BCUT2D eigenvalue weighted by atomic mass is 10.0. The number of hydrogen-bond acceptors (Lipinski definition) is 4. The standard InChI is InChI=1S/C20H21BrN2O4/c1-23(11-14-9-15(21)4-7-18(14)26-2)20(25)12-27-16-5-6-17-13(10-16)3-8-19(24)22-17/h4-7,9-10H,3,8,11-12H2,1-2H3,(H,22,24). The summed E-state index contributed by atoms with van der Waals surface area (Å²) in [5.74, 6) is 1.24. The van der Waals surface area contributed by atoms with Crippen molar-refractivity contribution in [2.45, 2.75) is 19.4 Å². The predicted octanol–water partition coefficient (Wildman–Crippen LogP) is 3.38. The van der Waals surface area contributed by atoms with E-state index in [4.69, 9.17) is 9.47 Å². The predicted molar refractivity (Wildman–Crippen MR) is 106 cm³/mol. The summed E-state index contributed by atoms with van der Waals surface area (Å²) in [4.78, 5) is 25.4. The van der Waals surface area contributed by atoms with Gasteiger partial charge in [-0.05, 0) is 48.4 Å². The molecule has 2 aromatic carbocycles. The molecule has 2 aromatic rings. The minimum atomic E-state index is -0.136. The molecule has 0 atom stereocenters. The normalized spacial score (nSPS) is 12.8. The highest BCUT2D eigenvalue weighted by Crippen LogP contribution is 2.27. The van der Waals surface area contributed by atoms with Gasteiger partial charge in [-0.2, -0.15) is 0 Å². The maximum absolute atomic E-state index is 12.4. The van der Waals surface area contributed by atoms with Gasteiger partial charge in [0.25, 0.3) is 5.91 Å². The van der Waals surface area contributed by atoms with E-state index in [1.807, 2.05) is 30.3 Å². The van der Waals surface area contributed by atoms with Crippen LogP contribution < -0.4 is 14.8 Å². The highest BCUT2D eigenvalue weighted by atomic mass is 79.9. The zero-order valence-corrected chi connectivity index (χ0v) is 16.8. The number of halogens is 1. The van der Waals surface area contributed by atoms with Crippen molar-refractivity contribution in [2.24, 2.45) is 0 Å². The molecule has 7 heteroatoms. The van der Waals surface area contributed by atoms with Crippen molar-refractivity contribution >= 4 is 33.4 Å². The number of anilines is 1. The minimum Gasteiger partial charge on any atom is -0.496 e. The second kappa shape index (κ2) is 8.43. The number of likely N-dealkylation sites (N-methyl/N-ethyl adjacent to an activating group) is 1. The monoisotopic (exact) mass is 432 g/mol. The Morgan fingerprint density at radius 3 is 2.81 bits per heavy atom. The molecule has 0 bridgehead atoms. The van der Waals surface area contributed by atoms with Crippen molar-refractivity contribution in [1.29, 1.82) is 0 Å². The fraction of sp³-hybridized carbons (Fsp3) is 0.300. The Kier molecular flexibility index (Phi) is 6.01. The van der Waals surface area contributed by atoms with Crippen LogP contribution in [0.5, 0.6) is 11.5 Å². The van der Waals surface area contributed by atoms with E-state index in [1.165, 1.54) is 0 Å². The number of carbonyl (C=O) groups is 2. The van der Waals surface area contributed by atoms with Gasteiger partial charge < -0.3 is 19.7 Å². The summed E-state index contributed by atoms with van der Waals surface area (Å²) >= 11 is 3.44. The van der Waals surface area contributed by atoms with Gasteiger partial charge in [-0.15, -0.1) is 0 Å². The zero-order chi connectivity index (χ0) is 19.4. The Hall–Kier alpha value is -2.54. The van der Waals surface area contributed by atoms with Gasteiger partial charge in [0.15, 0.2) is 6.61 Å². The number of aryl methyl sites for hydroxylation is 1. The molecule has 0 aromatic heterocycles. The van der Waals surface area contributed by atoms with Gasteiger partial charge in [0.2, 0.25) is 5.91 Å². The van der Waals surface area contributed by atoms with Crippen LogP contribution >= 0.6 is 15.9 Å². The number of carbonyl (C=O) groups excluding carboxylic acids is 2. The molecule has 3 rings (SSSR count). The van der Waals surface area contributed by atoms with Crippen molar-refractivity contribution in [1.82, 2.24) is 4.90 Å². The van der Waals surface area contributed by atoms with E-state index in [0.717, 1.165) is 27.0 Å². The lowest BCUT2D eigenvalue weighted by Gasteiger charge is -2.20. The van der Waals surface area contributed by atoms with Crippen molar-refractivity contribution < 1.29 is 19.1 Å². The Balaban J connectivity index is 1.59. The SMILES string of the molecule is COc1ccc(Br)cc1CN(C)C(=O)COc1ccc2c(c1)CCC(=O)N2. The summed E-state index contributed by atoms with van der Waals surface area (Å²) in [5.41, 5.74) is 2.74. The first-order valence-electron chi connectivity index (χ1n) is 8.58. The number of methoxy groups -OCH3 is 1. The molecule has 0 radical (unpaired) electrons. The molecule has 2 amide bonds. The van der Waals surface area contributed by atoms with Crippen molar-refractivity contribution in [3.63, 3.8) is 0 Å². The molecule has 1 aliphatic rings. The molecule has 1 heterocycles. The summed E-state index contributed by atoms with van der Waals surface area (Å²) < 4.78 is 11.9. The molecule has 1 N–H and O–H groups in total. The summed E-state index contributed by atoms with van der Waals surface area (Å²) in [6.45, 7) is 0.360. The molecule has 0 aliphatic carbocycles. The number of amides is 2. The number of rotatable bonds is 6. The number of hydrogen-bond donors (Lipinski definition) is 1. The van der Waals surface area contributed by atoms with Crippen LogP contribution in [0.2, 0.25) is 0 Å². The van der Waals surface area contributed by atoms with E-state index in [2.05, 4.69) is 21.2 Å². The summed E-state index contributed by atoms with van der Waals surface area (Å²) in [6, 6.07) is 11.1. The molecule has 1 aliphatic heterocycles. The lowest BCUT2D eigenvalue weighted by Crippen LogP contribution is -2.31. The average Bonchev–Trinajstić information content (AvgIpc) is 2.66. The molecule has 0 saturated carbocycles. The molecule has 0 spiro atoms. The second-order valence-corrected chi connectivity index (χ2v) is 7.28.